The Morgan fingerprint density at radius 2 is 0.972 bits per heavy atom. The van der Waals surface area contributed by atoms with Crippen LogP contribution in [0.5, 0.6) is 11.5 Å². The number of aromatic nitrogens is 1. The molecule has 0 bridgehead atoms. The monoisotopic (exact) mass is 1520 g/mol. The van der Waals surface area contributed by atoms with Gasteiger partial charge in [0.05, 0.1) is 13.0 Å². The highest BCUT2D eigenvalue weighted by atomic mass is 16.4. The molecular formula is C73H106N18O18. The zero-order chi connectivity index (χ0) is 80.9. The number of nitrogens with one attached hydrogen (secondary N) is 11. The molecule has 1 aliphatic rings. The number of aromatic amines is 1. The molecule has 109 heavy (non-hydrogen) atoms. The van der Waals surface area contributed by atoms with Crippen LogP contribution in [-0.4, -0.2) is 211 Å². The molecule has 0 unspecified atom stereocenters. The topological polar surface area (TPSA) is 602 Å². The zero-order valence-corrected chi connectivity index (χ0v) is 62.3. The number of H-pyrrole nitrogens is 1. The summed E-state index contributed by atoms with van der Waals surface area (Å²) in [5.41, 5.74) is 29.9. The van der Waals surface area contributed by atoms with Crippen LogP contribution >= 0.6 is 0 Å². The van der Waals surface area contributed by atoms with Gasteiger partial charge >= 0.3 is 5.97 Å². The summed E-state index contributed by atoms with van der Waals surface area (Å²) in [6.45, 7) is 10.9. The molecule has 13 amide bonds. The van der Waals surface area contributed by atoms with Crippen molar-refractivity contribution in [3.63, 3.8) is 0 Å². The van der Waals surface area contributed by atoms with Gasteiger partial charge in [0.1, 0.15) is 84.0 Å². The molecule has 3 aromatic carbocycles. The number of para-hydroxylation sites is 1. The van der Waals surface area contributed by atoms with Gasteiger partial charge in [0.2, 0.25) is 76.8 Å². The number of aliphatic imine (C=N–C) groups is 1. The van der Waals surface area contributed by atoms with E-state index in [1.54, 1.807) is 72.0 Å². The largest absolute Gasteiger partial charge is 0.508 e. The molecule has 0 aliphatic carbocycles. The van der Waals surface area contributed by atoms with E-state index in [0.29, 0.717) is 27.6 Å². The van der Waals surface area contributed by atoms with Crippen molar-refractivity contribution in [3.8, 4) is 11.5 Å². The number of guanidine groups is 1. The van der Waals surface area contributed by atoms with Crippen molar-refractivity contribution in [2.75, 3.05) is 19.7 Å². The van der Waals surface area contributed by atoms with Crippen LogP contribution in [0.1, 0.15) is 129 Å². The molecule has 36 nitrogen and oxygen atoms in total. The van der Waals surface area contributed by atoms with Crippen LogP contribution in [-0.2, 0) is 86.4 Å². The van der Waals surface area contributed by atoms with Gasteiger partial charge < -0.3 is 112 Å². The molecule has 596 valence electrons. The first-order chi connectivity index (χ1) is 51.4. The normalized spacial score (nSPS) is 15.7. The lowest BCUT2D eigenvalue weighted by atomic mass is 9.99. The summed E-state index contributed by atoms with van der Waals surface area (Å²) in [4.78, 5) is 202. The second-order valence-electron chi connectivity index (χ2n) is 28.4. The number of rotatable bonds is 44. The Kier molecular flexibility index (Phi) is 34.6. The van der Waals surface area contributed by atoms with Crippen molar-refractivity contribution in [2.45, 2.75) is 204 Å². The molecule has 36 heteroatoms. The second kappa shape index (κ2) is 42.8. The van der Waals surface area contributed by atoms with Gasteiger partial charge in [-0.2, -0.15) is 0 Å². The fourth-order valence-electron chi connectivity index (χ4n) is 12.2. The van der Waals surface area contributed by atoms with Gasteiger partial charge in [-0.25, -0.2) is 0 Å². The van der Waals surface area contributed by atoms with Crippen LogP contribution in [0.3, 0.4) is 0 Å². The Bertz CT molecular complexity index is 3860. The second-order valence-corrected chi connectivity index (χ2v) is 28.4. The maximum absolute atomic E-state index is 15.3. The molecule has 1 aromatic heterocycles. The summed E-state index contributed by atoms with van der Waals surface area (Å²) < 4.78 is 0. The summed E-state index contributed by atoms with van der Waals surface area (Å²) in [5, 5.41) is 66.5. The number of aliphatic hydroxyl groups is 1. The fraction of sp³-hybridized carbons (Fsp3) is 0.521. The van der Waals surface area contributed by atoms with E-state index in [2.05, 4.69) is 63.1 Å². The quantitative estimate of drug-likeness (QED) is 0.0121. The average Bonchev–Trinajstić information content (AvgIpc) is 1.71. The molecule has 1 fully saturated rings. The number of phenolic OH excluding ortho intramolecular Hbond substituents is 2. The van der Waals surface area contributed by atoms with Crippen LogP contribution in [0, 0.1) is 17.8 Å². The molecule has 1 saturated heterocycles. The van der Waals surface area contributed by atoms with Crippen molar-refractivity contribution in [3.05, 3.63) is 95.7 Å². The van der Waals surface area contributed by atoms with E-state index in [-0.39, 0.29) is 113 Å². The lowest BCUT2D eigenvalue weighted by Gasteiger charge is -2.31. The third-order valence-electron chi connectivity index (χ3n) is 17.8. The summed E-state index contributed by atoms with van der Waals surface area (Å²) in [6.07, 6.45) is -0.766. The first kappa shape index (κ1) is 88.2. The zero-order valence-electron chi connectivity index (χ0n) is 62.3. The number of hydrogen-bond donors (Lipinski definition) is 20. The molecule has 0 radical (unpaired) electrons. The van der Waals surface area contributed by atoms with Crippen molar-refractivity contribution in [1.82, 2.24) is 63.1 Å². The number of aromatic hydroxyl groups is 2. The number of carbonyl (C=O) groups is 14. The van der Waals surface area contributed by atoms with Crippen LogP contribution in [0.2, 0.25) is 0 Å². The predicted octanol–water partition coefficient (Wildman–Crippen LogP) is -2.80. The number of aliphatic hydroxyl groups excluding tert-OH is 1. The molecule has 0 spiro atoms. The van der Waals surface area contributed by atoms with Gasteiger partial charge in [-0.05, 0) is 123 Å². The number of hydrogen-bond acceptors (Lipinski definition) is 19. The van der Waals surface area contributed by atoms with E-state index in [9.17, 15) is 78.0 Å². The third kappa shape index (κ3) is 29.0. The fourth-order valence-corrected chi connectivity index (χ4v) is 12.2. The van der Waals surface area contributed by atoms with Gasteiger partial charge in [-0.1, -0.05) is 84.0 Å². The molecular weight excluding hydrogens is 1420 g/mol. The number of carboxylic acid groups (broad SMARTS) is 1. The Labute approximate surface area is 630 Å². The van der Waals surface area contributed by atoms with Gasteiger partial charge in [-0.15, -0.1) is 0 Å². The van der Waals surface area contributed by atoms with Crippen molar-refractivity contribution >= 4 is 99.6 Å². The van der Waals surface area contributed by atoms with Crippen LogP contribution in [0.4, 0.5) is 0 Å². The maximum atomic E-state index is 15.3. The Morgan fingerprint density at radius 1 is 0.523 bits per heavy atom. The number of carbonyl (C=O) groups excluding carboxylic acids is 13. The minimum absolute atomic E-state index is 0.0158. The van der Waals surface area contributed by atoms with E-state index in [1.165, 1.54) is 60.4 Å². The van der Waals surface area contributed by atoms with Crippen LogP contribution in [0.15, 0.2) is 84.0 Å². The van der Waals surface area contributed by atoms with E-state index in [4.69, 9.17) is 28.7 Å². The van der Waals surface area contributed by atoms with Crippen molar-refractivity contribution in [2.24, 2.45) is 51.4 Å². The first-order valence-corrected chi connectivity index (χ1v) is 36.1. The maximum Gasteiger partial charge on any atom is 0.303 e. The third-order valence-corrected chi connectivity index (χ3v) is 17.8. The van der Waals surface area contributed by atoms with Gasteiger partial charge in [-0.3, -0.25) is 72.1 Å². The van der Waals surface area contributed by atoms with Crippen LogP contribution < -0.4 is 81.8 Å². The number of nitrogens with zero attached hydrogens (tertiary/aromatic N) is 2. The predicted molar refractivity (Wildman–Crippen MR) is 399 cm³/mol. The Hall–Kier alpha value is -11.4. The van der Waals surface area contributed by atoms with Crippen molar-refractivity contribution < 1.29 is 87.5 Å². The Morgan fingerprint density at radius 3 is 1.51 bits per heavy atom. The highest BCUT2D eigenvalue weighted by molar-refractivity contribution is 6.01. The van der Waals surface area contributed by atoms with Gasteiger partial charge in [0, 0.05) is 55.9 Å². The van der Waals surface area contributed by atoms with Crippen LogP contribution in [0.25, 0.3) is 10.9 Å². The van der Waals surface area contributed by atoms with E-state index in [1.807, 2.05) is 0 Å². The first-order valence-electron chi connectivity index (χ1n) is 36.1. The van der Waals surface area contributed by atoms with Crippen molar-refractivity contribution in [1.29, 1.82) is 0 Å². The summed E-state index contributed by atoms with van der Waals surface area (Å²) in [6, 6.07) is 0.813. The molecule has 12 atom stereocenters. The molecule has 25 N–H and O–H groups in total. The van der Waals surface area contributed by atoms with E-state index < -0.39 is 181 Å². The number of nitrogens with two attached hydrogens (primary N) is 5. The standard InChI is InChI=1S/C73H106N18O18/c1-37(2)28-51(61(76)98)84-70(107)56(34-59(75)95)85-62(99)40(7)81-64(101)49(14-10-26-79-73(77)78)82-66(103)53(30-39(5)6)89-71(108)58-15-11-27-91(58)72(109)57(32-42-18-22-45(94)23-19-42)90-68(105)54(31-41-16-20-44(93)21-17-41)88-67(104)52(29-38(3)4)87-65(102)50(24-25-60(96)97)83-69(106)55(86-63(100)47(74)36-92)33-43-35-80-48-13-9-8-12-46(43)48/h8-9,12-13,16-23,35,37-40,47,49-58,80,92-94H,10-11,14-15,24-34,36,74H2,1-7H3,(H2,75,95)(H2,76,98)(H,81,101)(H,82,103)(H,83,106)(H,84,107)(H,85,99)(H,86,100)(H,87,102)(H,88,104)(H,89,108)(H,90,105)(H,96,97)(H4,77,78,79)/t40-,47-,49-,50-,51-,52-,53-,54-,55-,56-,57-,58-/m0/s1. The Balaban J connectivity index is 1.42. The molecule has 4 aromatic rings. The number of amides is 13. The summed E-state index contributed by atoms with van der Waals surface area (Å²) >= 11 is 0. The van der Waals surface area contributed by atoms with E-state index >= 15 is 9.59 Å². The minimum atomic E-state index is -1.66. The molecule has 0 saturated carbocycles. The number of fused-ring (bicyclic) bond motifs is 1. The minimum Gasteiger partial charge on any atom is -0.508 e. The highest BCUT2D eigenvalue weighted by Crippen LogP contribution is 2.24. The van der Waals surface area contributed by atoms with Gasteiger partial charge in [0.25, 0.3) is 0 Å². The number of likely N-dealkylation sites (tertiary alicyclic amines) is 1. The molecule has 5 rings (SSSR count). The summed E-state index contributed by atoms with van der Waals surface area (Å²) in [7, 11) is 0. The molecule has 1 aliphatic heterocycles. The number of carboxylic acids is 1. The smallest absolute Gasteiger partial charge is 0.303 e. The SMILES string of the molecule is CC(C)C[C@H](NC(=O)[C@H](CC(N)=O)NC(=O)[C@H](C)NC(=O)[C@H](CCCN=C(N)N)NC(=O)[C@H](CC(C)C)NC(=O)[C@@H]1CCCN1C(=O)[C@H](Cc1ccc(O)cc1)NC(=O)[C@H](Cc1ccc(O)cc1)NC(=O)[C@H](CC(C)C)NC(=O)[C@H](CCC(=O)O)NC(=O)[C@H](Cc1c[nH]c2ccccc12)NC(=O)[C@@H](N)CO)C(N)=O. The number of aliphatic carboxylic acids is 1. The number of phenols is 2. The summed E-state index contributed by atoms with van der Waals surface area (Å²) in [5.74, 6) is -14.7. The lowest BCUT2D eigenvalue weighted by molar-refractivity contribution is -0.142. The molecule has 2 heterocycles. The number of primary amides is 2. The lowest BCUT2D eigenvalue weighted by Crippen LogP contribution is -2.61. The van der Waals surface area contributed by atoms with E-state index in [0.717, 1.165) is 0 Å². The number of benzene rings is 3. The van der Waals surface area contributed by atoms with Gasteiger partial charge in [0.15, 0.2) is 5.96 Å². The highest BCUT2D eigenvalue weighted by Gasteiger charge is 2.42. The average molecular weight is 1520 g/mol.